The van der Waals surface area contributed by atoms with E-state index in [1.807, 2.05) is 6.07 Å². The standard InChI is InChI=1S/C15H24N4O2/c1-10(20)6-16-14-5-15(18-9-17-14)19-7-11(2)21-13(8-19)12-3-4-12/h5,9-13,20H,3-4,6-8H2,1-2H3,(H,16,17,18)/t10-,11+,13-/m0/s1. The number of ether oxygens (including phenoxy) is 1. The first-order valence-electron chi connectivity index (χ1n) is 7.76. The number of nitrogens with zero attached hydrogens (tertiary/aromatic N) is 3. The fourth-order valence-electron chi connectivity index (χ4n) is 2.77. The molecule has 6 nitrogen and oxygen atoms in total. The molecule has 2 N–H and O–H groups in total. The molecule has 1 aromatic rings. The molecule has 116 valence electrons. The molecule has 1 saturated carbocycles. The van der Waals surface area contributed by atoms with E-state index < -0.39 is 6.10 Å². The number of hydrogen-bond acceptors (Lipinski definition) is 6. The van der Waals surface area contributed by atoms with Crippen molar-refractivity contribution in [1.29, 1.82) is 0 Å². The van der Waals surface area contributed by atoms with E-state index in [0.717, 1.165) is 30.6 Å². The van der Waals surface area contributed by atoms with Gasteiger partial charge < -0.3 is 20.1 Å². The number of hydrogen-bond donors (Lipinski definition) is 2. The van der Waals surface area contributed by atoms with Crippen molar-refractivity contribution in [2.24, 2.45) is 5.92 Å². The van der Waals surface area contributed by atoms with Crippen LogP contribution in [0.5, 0.6) is 0 Å². The molecule has 0 radical (unpaired) electrons. The van der Waals surface area contributed by atoms with Crippen LogP contribution in [0.1, 0.15) is 26.7 Å². The zero-order chi connectivity index (χ0) is 14.8. The van der Waals surface area contributed by atoms with Crippen LogP contribution in [0, 0.1) is 5.92 Å². The molecule has 3 rings (SSSR count). The largest absolute Gasteiger partial charge is 0.392 e. The Labute approximate surface area is 125 Å². The van der Waals surface area contributed by atoms with Crippen LogP contribution < -0.4 is 10.2 Å². The first-order valence-corrected chi connectivity index (χ1v) is 7.76. The van der Waals surface area contributed by atoms with Crippen LogP contribution in [0.15, 0.2) is 12.4 Å². The van der Waals surface area contributed by atoms with Gasteiger partial charge in [0, 0.05) is 25.7 Å². The Balaban J connectivity index is 1.68. The highest BCUT2D eigenvalue weighted by atomic mass is 16.5. The second kappa shape index (κ2) is 6.15. The topological polar surface area (TPSA) is 70.5 Å². The minimum Gasteiger partial charge on any atom is -0.392 e. The smallest absolute Gasteiger partial charge is 0.134 e. The highest BCUT2D eigenvalue weighted by Gasteiger charge is 2.37. The minimum absolute atomic E-state index is 0.230. The average molecular weight is 292 g/mol. The maximum Gasteiger partial charge on any atom is 0.134 e. The molecule has 1 saturated heterocycles. The van der Waals surface area contributed by atoms with Crippen molar-refractivity contribution in [2.45, 2.75) is 45.0 Å². The van der Waals surface area contributed by atoms with Gasteiger partial charge in [-0.3, -0.25) is 0 Å². The number of nitrogens with one attached hydrogen (secondary N) is 1. The summed E-state index contributed by atoms with van der Waals surface area (Å²) in [5, 5.41) is 12.5. The van der Waals surface area contributed by atoms with Gasteiger partial charge in [0.05, 0.1) is 18.3 Å². The van der Waals surface area contributed by atoms with Crippen molar-refractivity contribution < 1.29 is 9.84 Å². The lowest BCUT2D eigenvalue weighted by Gasteiger charge is -2.37. The third kappa shape index (κ3) is 3.83. The first kappa shape index (κ1) is 14.5. The lowest BCUT2D eigenvalue weighted by atomic mass is 10.1. The summed E-state index contributed by atoms with van der Waals surface area (Å²) in [5.41, 5.74) is 0. The monoisotopic (exact) mass is 292 g/mol. The second-order valence-electron chi connectivity index (χ2n) is 6.22. The van der Waals surface area contributed by atoms with E-state index in [2.05, 4.69) is 27.1 Å². The van der Waals surface area contributed by atoms with Crippen LogP contribution in [-0.4, -0.2) is 53.0 Å². The molecule has 0 amide bonds. The van der Waals surface area contributed by atoms with Crippen LogP contribution in [-0.2, 0) is 4.74 Å². The third-order valence-corrected chi connectivity index (χ3v) is 3.99. The molecule has 3 atom stereocenters. The van der Waals surface area contributed by atoms with E-state index in [4.69, 9.17) is 4.74 Å². The quantitative estimate of drug-likeness (QED) is 0.852. The Bertz CT molecular complexity index is 478. The Morgan fingerprint density at radius 1 is 1.43 bits per heavy atom. The predicted octanol–water partition coefficient (Wildman–Crippen LogP) is 1.27. The maximum atomic E-state index is 9.34. The van der Waals surface area contributed by atoms with Crippen LogP contribution in [0.2, 0.25) is 0 Å². The van der Waals surface area contributed by atoms with Gasteiger partial charge in [0.2, 0.25) is 0 Å². The second-order valence-corrected chi connectivity index (χ2v) is 6.22. The van der Waals surface area contributed by atoms with Crippen LogP contribution in [0.25, 0.3) is 0 Å². The number of rotatable bonds is 5. The molecular weight excluding hydrogens is 268 g/mol. The summed E-state index contributed by atoms with van der Waals surface area (Å²) in [4.78, 5) is 10.9. The van der Waals surface area contributed by atoms with Crippen molar-refractivity contribution in [1.82, 2.24) is 9.97 Å². The van der Waals surface area contributed by atoms with Crippen molar-refractivity contribution in [3.8, 4) is 0 Å². The van der Waals surface area contributed by atoms with Crippen molar-refractivity contribution in [3.63, 3.8) is 0 Å². The molecule has 21 heavy (non-hydrogen) atoms. The van der Waals surface area contributed by atoms with Gasteiger partial charge in [0.15, 0.2) is 0 Å². The molecule has 6 heteroatoms. The molecule has 0 aromatic carbocycles. The number of aliphatic hydroxyl groups excluding tert-OH is 1. The summed E-state index contributed by atoms with van der Waals surface area (Å²) in [5.74, 6) is 2.41. The molecule has 1 aliphatic carbocycles. The Kier molecular flexibility index (Phi) is 4.26. The molecule has 1 aromatic heterocycles. The zero-order valence-corrected chi connectivity index (χ0v) is 12.7. The SMILES string of the molecule is C[C@H](O)CNc1cc(N2C[C@@H](C)O[C@H](C3CC3)C2)ncn1. The first-order chi connectivity index (χ1) is 10.1. The van der Waals surface area contributed by atoms with E-state index in [9.17, 15) is 5.11 Å². The van der Waals surface area contributed by atoms with E-state index in [0.29, 0.717) is 12.6 Å². The number of morpholine rings is 1. The highest BCUT2D eigenvalue weighted by Crippen LogP contribution is 2.37. The number of anilines is 2. The summed E-state index contributed by atoms with van der Waals surface area (Å²) < 4.78 is 6.04. The van der Waals surface area contributed by atoms with Gasteiger partial charge >= 0.3 is 0 Å². The van der Waals surface area contributed by atoms with Gasteiger partial charge in [0.25, 0.3) is 0 Å². The lowest BCUT2D eigenvalue weighted by Crippen LogP contribution is -2.47. The summed E-state index contributed by atoms with van der Waals surface area (Å²) in [7, 11) is 0. The average Bonchev–Trinajstić information content (AvgIpc) is 3.29. The molecule has 0 spiro atoms. The van der Waals surface area contributed by atoms with E-state index >= 15 is 0 Å². The molecule has 0 unspecified atom stereocenters. The summed E-state index contributed by atoms with van der Waals surface area (Å²) >= 11 is 0. The number of aliphatic hydroxyl groups is 1. The molecule has 0 bridgehead atoms. The molecular formula is C15H24N4O2. The van der Waals surface area contributed by atoms with Gasteiger partial charge in [-0.15, -0.1) is 0 Å². The number of aromatic nitrogens is 2. The predicted molar refractivity (Wildman–Crippen MR) is 81.5 cm³/mol. The summed E-state index contributed by atoms with van der Waals surface area (Å²) in [6, 6.07) is 1.95. The minimum atomic E-state index is -0.397. The summed E-state index contributed by atoms with van der Waals surface area (Å²) in [6.45, 7) is 6.12. The van der Waals surface area contributed by atoms with Crippen molar-refractivity contribution in [3.05, 3.63) is 12.4 Å². The maximum absolute atomic E-state index is 9.34. The lowest BCUT2D eigenvalue weighted by molar-refractivity contribution is -0.0273. The van der Waals surface area contributed by atoms with E-state index in [1.54, 1.807) is 13.3 Å². The van der Waals surface area contributed by atoms with Crippen LogP contribution >= 0.6 is 0 Å². The summed E-state index contributed by atoms with van der Waals surface area (Å²) in [6.07, 6.45) is 4.31. The van der Waals surface area contributed by atoms with Crippen LogP contribution in [0.4, 0.5) is 11.6 Å². The van der Waals surface area contributed by atoms with Gasteiger partial charge in [-0.25, -0.2) is 9.97 Å². The van der Waals surface area contributed by atoms with Gasteiger partial charge in [0.1, 0.15) is 18.0 Å². The van der Waals surface area contributed by atoms with E-state index in [-0.39, 0.29) is 6.10 Å². The van der Waals surface area contributed by atoms with Crippen molar-refractivity contribution >= 4 is 11.6 Å². The molecule has 1 aliphatic heterocycles. The molecule has 2 fully saturated rings. The van der Waals surface area contributed by atoms with Gasteiger partial charge in [-0.05, 0) is 32.6 Å². The Morgan fingerprint density at radius 3 is 2.95 bits per heavy atom. The molecule has 2 heterocycles. The van der Waals surface area contributed by atoms with Crippen LogP contribution in [0.3, 0.4) is 0 Å². The molecule has 2 aliphatic rings. The zero-order valence-electron chi connectivity index (χ0n) is 12.7. The fraction of sp³-hybridized carbons (Fsp3) is 0.733. The Hall–Kier alpha value is -1.40. The van der Waals surface area contributed by atoms with Gasteiger partial charge in [-0.2, -0.15) is 0 Å². The Morgan fingerprint density at radius 2 is 2.24 bits per heavy atom. The normalized spacial score (nSPS) is 27.5. The fourth-order valence-corrected chi connectivity index (χ4v) is 2.77. The van der Waals surface area contributed by atoms with Crippen molar-refractivity contribution in [2.75, 3.05) is 29.9 Å². The third-order valence-electron chi connectivity index (χ3n) is 3.99. The van der Waals surface area contributed by atoms with Gasteiger partial charge in [-0.1, -0.05) is 0 Å². The van der Waals surface area contributed by atoms with E-state index in [1.165, 1.54) is 12.8 Å². The highest BCUT2D eigenvalue weighted by molar-refractivity contribution is 5.49.